The lowest BCUT2D eigenvalue weighted by Gasteiger charge is -2.37. The molecule has 0 saturated carbocycles. The summed E-state index contributed by atoms with van der Waals surface area (Å²) in [6.07, 6.45) is 1.48. The highest BCUT2D eigenvalue weighted by atomic mass is 32.2. The molecule has 0 spiro atoms. The minimum atomic E-state index is -1.08. The summed E-state index contributed by atoms with van der Waals surface area (Å²) in [4.78, 5) is 53.0. The predicted molar refractivity (Wildman–Crippen MR) is 143 cm³/mol. The maximum Gasteiger partial charge on any atom is 0.408 e. The minimum Gasteiger partial charge on any atom is -0.508 e. The van der Waals surface area contributed by atoms with Gasteiger partial charge in [-0.2, -0.15) is 11.8 Å². The quantitative estimate of drug-likeness (QED) is 0.325. The van der Waals surface area contributed by atoms with Crippen molar-refractivity contribution in [3.8, 4) is 5.75 Å². The molecule has 37 heavy (non-hydrogen) atoms. The van der Waals surface area contributed by atoms with Crippen LogP contribution in [-0.2, 0) is 23.9 Å². The van der Waals surface area contributed by atoms with E-state index in [9.17, 15) is 24.3 Å². The van der Waals surface area contributed by atoms with E-state index in [0.717, 1.165) is 0 Å². The highest BCUT2D eigenvalue weighted by Crippen LogP contribution is 2.27. The number of rotatable bonds is 13. The number of carbonyl (C=O) groups excluding carboxylic acids is 4. The van der Waals surface area contributed by atoms with Gasteiger partial charge in [-0.15, -0.1) is 0 Å². The lowest BCUT2D eigenvalue weighted by atomic mass is 10.0. The normalized spacial score (nSPS) is 12.9. The lowest BCUT2D eigenvalue weighted by Crippen LogP contribution is -2.55. The molecule has 11 heteroatoms. The monoisotopic (exact) mass is 539 g/mol. The number of carbonyl (C=O) groups is 4. The first-order chi connectivity index (χ1) is 17.3. The first-order valence-corrected chi connectivity index (χ1v) is 13.7. The molecule has 10 nitrogen and oxygen atoms in total. The molecule has 2 atom stereocenters. The fourth-order valence-corrected chi connectivity index (χ4v) is 3.99. The van der Waals surface area contributed by atoms with E-state index in [1.807, 2.05) is 6.26 Å². The van der Waals surface area contributed by atoms with E-state index in [0.29, 0.717) is 17.7 Å². The summed E-state index contributed by atoms with van der Waals surface area (Å²) in [6.45, 7) is 10.7. The van der Waals surface area contributed by atoms with Gasteiger partial charge < -0.3 is 30.1 Å². The molecule has 1 rings (SSSR count). The van der Waals surface area contributed by atoms with E-state index in [1.54, 1.807) is 53.7 Å². The number of thioether (sulfide) groups is 1. The molecule has 0 bridgehead atoms. The average Bonchev–Trinajstić information content (AvgIpc) is 2.79. The summed E-state index contributed by atoms with van der Waals surface area (Å²) in [6, 6.07) is 3.55. The van der Waals surface area contributed by atoms with Crippen LogP contribution >= 0.6 is 11.8 Å². The third-order valence-corrected chi connectivity index (χ3v) is 5.72. The number of aromatic hydroxyl groups is 1. The third-order valence-electron chi connectivity index (χ3n) is 5.08. The number of amides is 3. The number of phenols is 1. The zero-order chi connectivity index (χ0) is 28.2. The van der Waals surface area contributed by atoms with Crippen molar-refractivity contribution in [1.29, 1.82) is 0 Å². The van der Waals surface area contributed by atoms with E-state index in [4.69, 9.17) is 9.47 Å². The van der Waals surface area contributed by atoms with Gasteiger partial charge >= 0.3 is 12.1 Å². The summed E-state index contributed by atoms with van der Waals surface area (Å²) in [5.41, 5.74) is -0.281. The molecule has 0 heterocycles. The Morgan fingerprint density at radius 1 is 1.11 bits per heavy atom. The Kier molecular flexibility index (Phi) is 13.3. The maximum atomic E-state index is 13.9. The fraction of sp³-hybridized carbons (Fsp3) is 0.615. The molecule has 208 valence electrons. The molecule has 1 aromatic carbocycles. The molecule has 3 amide bonds. The van der Waals surface area contributed by atoms with Crippen molar-refractivity contribution in [2.45, 2.75) is 78.1 Å². The van der Waals surface area contributed by atoms with Gasteiger partial charge in [0, 0.05) is 12.6 Å². The average molecular weight is 540 g/mol. The first-order valence-electron chi connectivity index (χ1n) is 12.3. The van der Waals surface area contributed by atoms with Crippen LogP contribution in [-0.4, -0.2) is 76.7 Å². The highest BCUT2D eigenvalue weighted by Gasteiger charge is 2.37. The highest BCUT2D eigenvalue weighted by molar-refractivity contribution is 7.98. The summed E-state index contributed by atoms with van der Waals surface area (Å²) in [7, 11) is 0. The van der Waals surface area contributed by atoms with Crippen LogP contribution in [0.25, 0.3) is 0 Å². The second kappa shape index (κ2) is 15.3. The Bertz CT molecular complexity index is 900. The van der Waals surface area contributed by atoms with E-state index >= 15 is 0 Å². The Morgan fingerprint density at radius 3 is 2.24 bits per heavy atom. The van der Waals surface area contributed by atoms with Gasteiger partial charge in [-0.1, -0.05) is 12.1 Å². The Balaban J connectivity index is 3.32. The number of phenolic OH excluding ortho intramolecular Hbond substituents is 1. The number of benzene rings is 1. The van der Waals surface area contributed by atoms with E-state index in [-0.39, 0.29) is 25.3 Å². The molecule has 2 unspecified atom stereocenters. The number of hydrogen-bond acceptors (Lipinski definition) is 8. The van der Waals surface area contributed by atoms with Crippen LogP contribution in [0.1, 0.15) is 66.0 Å². The van der Waals surface area contributed by atoms with Gasteiger partial charge in [-0.05, 0) is 77.7 Å². The largest absolute Gasteiger partial charge is 0.508 e. The lowest BCUT2D eigenvalue weighted by molar-refractivity contribution is -0.145. The number of ether oxygens (including phenoxy) is 2. The SMILES string of the molecule is CCOC(=O)CCNC(=O)C(c1ccc(O)cc1)N(C(=O)C(CCSC)NC(=O)OC(C)(C)C)C(C)C. The van der Waals surface area contributed by atoms with Gasteiger partial charge in [0.15, 0.2) is 0 Å². The van der Waals surface area contributed by atoms with E-state index in [1.165, 1.54) is 28.8 Å². The van der Waals surface area contributed by atoms with Crippen LogP contribution in [0.2, 0.25) is 0 Å². The minimum absolute atomic E-state index is 0.0112. The Morgan fingerprint density at radius 2 is 1.73 bits per heavy atom. The topological polar surface area (TPSA) is 134 Å². The van der Waals surface area contributed by atoms with E-state index < -0.39 is 47.6 Å². The molecule has 0 aliphatic rings. The molecule has 0 aromatic heterocycles. The second-order valence-electron chi connectivity index (χ2n) is 9.66. The van der Waals surface area contributed by atoms with Gasteiger partial charge in [0.2, 0.25) is 11.8 Å². The smallest absolute Gasteiger partial charge is 0.408 e. The molecule has 0 radical (unpaired) electrons. The maximum absolute atomic E-state index is 13.9. The number of nitrogens with zero attached hydrogens (tertiary/aromatic N) is 1. The zero-order valence-corrected chi connectivity index (χ0v) is 23.6. The van der Waals surface area contributed by atoms with Crippen molar-refractivity contribution >= 4 is 35.6 Å². The second-order valence-corrected chi connectivity index (χ2v) is 10.6. The van der Waals surface area contributed by atoms with Crippen molar-refractivity contribution in [3.05, 3.63) is 29.8 Å². The van der Waals surface area contributed by atoms with Crippen LogP contribution in [0.4, 0.5) is 4.79 Å². The van der Waals surface area contributed by atoms with Gasteiger partial charge in [-0.25, -0.2) is 4.79 Å². The Hall–Kier alpha value is -2.95. The zero-order valence-electron chi connectivity index (χ0n) is 22.8. The van der Waals surface area contributed by atoms with Crippen LogP contribution in [0, 0.1) is 0 Å². The molecule has 1 aromatic rings. The summed E-state index contributed by atoms with van der Waals surface area (Å²) < 4.78 is 10.3. The molecular weight excluding hydrogens is 498 g/mol. The van der Waals surface area contributed by atoms with E-state index in [2.05, 4.69) is 10.6 Å². The van der Waals surface area contributed by atoms with Crippen molar-refractivity contribution in [1.82, 2.24) is 15.5 Å². The molecule has 0 aliphatic heterocycles. The third kappa shape index (κ3) is 11.3. The van der Waals surface area contributed by atoms with Crippen molar-refractivity contribution < 1.29 is 33.8 Å². The van der Waals surface area contributed by atoms with Gasteiger partial charge in [0.25, 0.3) is 0 Å². The van der Waals surface area contributed by atoms with Gasteiger partial charge in [0.1, 0.15) is 23.4 Å². The molecule has 0 aliphatic carbocycles. The number of alkyl carbamates (subject to hydrolysis) is 1. The van der Waals surface area contributed by atoms with Crippen molar-refractivity contribution in [2.75, 3.05) is 25.2 Å². The van der Waals surface area contributed by atoms with Crippen LogP contribution in [0.3, 0.4) is 0 Å². The van der Waals surface area contributed by atoms with Crippen molar-refractivity contribution in [3.63, 3.8) is 0 Å². The predicted octanol–water partition coefficient (Wildman–Crippen LogP) is 3.39. The fourth-order valence-electron chi connectivity index (χ4n) is 3.52. The Labute approximate surface area is 223 Å². The molecular formula is C26H41N3O7S. The first kappa shape index (κ1) is 32.1. The molecule has 0 fully saturated rings. The van der Waals surface area contributed by atoms with Gasteiger partial charge in [0.05, 0.1) is 13.0 Å². The van der Waals surface area contributed by atoms with Crippen LogP contribution in [0.15, 0.2) is 24.3 Å². The number of esters is 1. The van der Waals surface area contributed by atoms with Crippen LogP contribution in [0.5, 0.6) is 5.75 Å². The summed E-state index contributed by atoms with van der Waals surface area (Å²) >= 11 is 1.52. The molecule has 0 saturated heterocycles. The molecule has 3 N–H and O–H groups in total. The summed E-state index contributed by atoms with van der Waals surface area (Å²) in [5.74, 6) is -0.795. The van der Waals surface area contributed by atoms with Gasteiger partial charge in [-0.3, -0.25) is 14.4 Å². The number of nitrogens with one attached hydrogen (secondary N) is 2. The summed E-state index contributed by atoms with van der Waals surface area (Å²) in [5, 5.41) is 15.2. The van der Waals surface area contributed by atoms with Crippen LogP contribution < -0.4 is 10.6 Å². The number of hydrogen-bond donors (Lipinski definition) is 3. The standard InChI is InChI=1S/C26H41N3O7S/c1-8-35-21(31)13-15-27-23(32)22(18-9-11-19(30)12-10-18)29(17(2)3)24(33)20(14-16-37-7)28-25(34)36-26(4,5)6/h9-12,17,20,22,30H,8,13-16H2,1-7H3,(H,27,32)(H,28,34). The van der Waals surface area contributed by atoms with Crippen molar-refractivity contribution in [2.24, 2.45) is 0 Å².